The normalized spacial score (nSPS) is 15.1. The molecule has 3 N–H and O–H groups in total. The van der Waals surface area contributed by atoms with E-state index in [0.29, 0.717) is 0 Å². The zero-order valence-electron chi connectivity index (χ0n) is 6.01. The molecule has 0 fully saturated rings. The third-order valence-electron chi connectivity index (χ3n) is 1.07. The van der Waals surface area contributed by atoms with Gasteiger partial charge in [-0.05, 0) is 13.8 Å². The lowest BCUT2D eigenvalue weighted by atomic mass is 10.1. The maximum atomic E-state index is 10.5. The molecule has 0 aliphatic carbocycles. The molecule has 0 atom stereocenters. The van der Waals surface area contributed by atoms with Crippen LogP contribution in [0.5, 0.6) is 0 Å². The Kier molecular flexibility index (Phi) is 2.85. The molecule has 0 spiro atoms. The minimum absolute atomic E-state index is 1.29. The van der Waals surface area contributed by atoms with Gasteiger partial charge in [-0.15, -0.1) is 0 Å². The van der Waals surface area contributed by atoms with Gasteiger partial charge in [-0.25, -0.2) is 0 Å². The van der Waals surface area contributed by atoms with E-state index in [-0.39, 0.29) is 0 Å². The molecule has 68 valence electrons. The van der Waals surface area contributed by atoms with E-state index in [1.165, 1.54) is 13.8 Å². The first-order valence-corrected chi connectivity index (χ1v) is 4.83. The fraction of sp³-hybridized carbons (Fsp3) is 1.00. The van der Waals surface area contributed by atoms with Crippen molar-refractivity contribution in [3.8, 4) is 0 Å². The van der Waals surface area contributed by atoms with Gasteiger partial charge in [0.05, 0.1) is 5.54 Å². The van der Waals surface area contributed by atoms with Crippen molar-refractivity contribution in [2.75, 3.05) is 0 Å². The van der Waals surface area contributed by atoms with E-state index >= 15 is 0 Å². The lowest BCUT2D eigenvalue weighted by Crippen LogP contribution is -2.53. The molecule has 0 aliphatic heterocycles. The summed E-state index contributed by atoms with van der Waals surface area (Å²) in [6, 6.07) is 0. The SMILES string of the molecule is CC(C)(N)C(Cl)(Cl)S(=O)(=O)O. The Hall–Kier alpha value is 0.450. The molecular formula is C4H9Cl2NO3S. The van der Waals surface area contributed by atoms with E-state index < -0.39 is 19.3 Å². The number of hydrogen-bond acceptors (Lipinski definition) is 3. The topological polar surface area (TPSA) is 80.4 Å². The lowest BCUT2D eigenvalue weighted by Gasteiger charge is -2.30. The Balaban J connectivity index is 5.08. The molecule has 0 heterocycles. The average Bonchev–Trinajstić information content (AvgIpc) is 1.58. The van der Waals surface area contributed by atoms with E-state index in [9.17, 15) is 8.42 Å². The Morgan fingerprint density at radius 2 is 1.64 bits per heavy atom. The second kappa shape index (κ2) is 2.74. The second-order valence-electron chi connectivity index (χ2n) is 2.71. The van der Waals surface area contributed by atoms with Crippen LogP contribution >= 0.6 is 23.2 Å². The highest BCUT2D eigenvalue weighted by molar-refractivity contribution is 7.90. The van der Waals surface area contributed by atoms with Crippen molar-refractivity contribution in [3.63, 3.8) is 0 Å². The molecule has 0 amide bonds. The summed E-state index contributed by atoms with van der Waals surface area (Å²) in [7, 11) is -4.55. The van der Waals surface area contributed by atoms with Crippen LogP contribution in [-0.4, -0.2) is 22.2 Å². The Labute approximate surface area is 75.4 Å². The van der Waals surface area contributed by atoms with Gasteiger partial charge in [0.2, 0.25) is 0 Å². The largest absolute Gasteiger partial charge is 0.322 e. The molecular weight excluding hydrogens is 213 g/mol. The van der Waals surface area contributed by atoms with Crippen LogP contribution in [0.4, 0.5) is 0 Å². The van der Waals surface area contributed by atoms with Crippen LogP contribution in [0, 0.1) is 0 Å². The second-order valence-corrected chi connectivity index (χ2v) is 6.05. The molecule has 0 unspecified atom stereocenters. The monoisotopic (exact) mass is 221 g/mol. The van der Waals surface area contributed by atoms with Gasteiger partial charge in [0.1, 0.15) is 0 Å². The fourth-order valence-corrected chi connectivity index (χ4v) is 0.997. The summed E-state index contributed by atoms with van der Waals surface area (Å²) >= 11 is 10.6. The molecule has 0 bridgehead atoms. The Morgan fingerprint density at radius 3 is 1.64 bits per heavy atom. The Morgan fingerprint density at radius 1 is 1.36 bits per heavy atom. The van der Waals surface area contributed by atoms with Crippen molar-refractivity contribution in [2.24, 2.45) is 5.73 Å². The van der Waals surface area contributed by atoms with Crippen LogP contribution in [0.15, 0.2) is 0 Å². The van der Waals surface area contributed by atoms with Gasteiger partial charge in [0.15, 0.2) is 0 Å². The molecule has 0 aromatic rings. The molecule has 7 heteroatoms. The minimum Gasteiger partial charge on any atom is -0.322 e. The summed E-state index contributed by atoms with van der Waals surface area (Å²) in [5.74, 6) is 0. The smallest absolute Gasteiger partial charge is 0.301 e. The van der Waals surface area contributed by atoms with E-state index in [1.54, 1.807) is 0 Å². The van der Waals surface area contributed by atoms with Crippen LogP contribution in [0.25, 0.3) is 0 Å². The molecule has 0 saturated carbocycles. The number of halogens is 2. The van der Waals surface area contributed by atoms with Gasteiger partial charge < -0.3 is 5.73 Å². The fourth-order valence-electron chi connectivity index (χ4n) is 0.332. The summed E-state index contributed by atoms with van der Waals surface area (Å²) in [6.07, 6.45) is 0. The zero-order chi connectivity index (χ0) is 9.50. The molecule has 0 radical (unpaired) electrons. The molecule has 0 aromatic heterocycles. The van der Waals surface area contributed by atoms with Gasteiger partial charge in [-0.1, -0.05) is 23.2 Å². The number of alkyl halides is 2. The molecule has 11 heavy (non-hydrogen) atoms. The van der Waals surface area contributed by atoms with Crippen LogP contribution in [0.3, 0.4) is 0 Å². The molecule has 0 saturated heterocycles. The van der Waals surface area contributed by atoms with Crippen molar-refractivity contribution in [2.45, 2.75) is 23.1 Å². The maximum absolute atomic E-state index is 10.5. The molecule has 0 rings (SSSR count). The quantitative estimate of drug-likeness (QED) is 0.533. The summed E-state index contributed by atoms with van der Waals surface area (Å²) in [4.78, 5) is 0. The minimum atomic E-state index is -4.55. The highest BCUT2D eigenvalue weighted by Crippen LogP contribution is 2.36. The summed E-state index contributed by atoms with van der Waals surface area (Å²) < 4.78 is 27.2. The molecule has 0 aromatic carbocycles. The lowest BCUT2D eigenvalue weighted by molar-refractivity contribution is 0.433. The first-order valence-electron chi connectivity index (χ1n) is 2.64. The Bertz CT molecular complexity index is 241. The van der Waals surface area contributed by atoms with Gasteiger partial charge in [-0.3, -0.25) is 4.55 Å². The van der Waals surface area contributed by atoms with Crippen molar-refractivity contribution in [1.29, 1.82) is 0 Å². The summed E-state index contributed by atoms with van der Waals surface area (Å²) in [5, 5.41) is 0. The number of nitrogens with two attached hydrogens (primary N) is 1. The van der Waals surface area contributed by atoms with Gasteiger partial charge in [0.25, 0.3) is 3.67 Å². The summed E-state index contributed by atoms with van der Waals surface area (Å²) in [5.41, 5.74) is 3.87. The third-order valence-corrected chi connectivity index (χ3v) is 4.39. The van der Waals surface area contributed by atoms with Crippen molar-refractivity contribution >= 4 is 33.3 Å². The standard InChI is InChI=1S/C4H9Cl2NO3S/c1-3(2,7)4(5,6)11(8,9)10/h7H2,1-2H3,(H,8,9,10). The van der Waals surface area contributed by atoms with Crippen LogP contribution < -0.4 is 5.73 Å². The third kappa shape index (κ3) is 2.19. The summed E-state index contributed by atoms with van der Waals surface area (Å²) in [6.45, 7) is 2.58. The van der Waals surface area contributed by atoms with Crippen molar-refractivity contribution < 1.29 is 13.0 Å². The maximum Gasteiger partial charge on any atom is 0.301 e. The molecule has 0 aliphatic rings. The van der Waals surface area contributed by atoms with Crippen LogP contribution in [-0.2, 0) is 10.1 Å². The van der Waals surface area contributed by atoms with Gasteiger partial charge in [0, 0.05) is 0 Å². The highest BCUT2D eigenvalue weighted by atomic mass is 35.5. The first-order chi connectivity index (χ1) is 4.50. The predicted molar refractivity (Wildman–Crippen MR) is 44.3 cm³/mol. The van der Waals surface area contributed by atoms with E-state index in [1.807, 2.05) is 0 Å². The van der Waals surface area contributed by atoms with Crippen molar-refractivity contribution in [1.82, 2.24) is 0 Å². The zero-order valence-corrected chi connectivity index (χ0v) is 8.33. The predicted octanol–water partition coefficient (Wildman–Crippen LogP) is 0.743. The molecule has 4 nitrogen and oxygen atoms in total. The van der Waals surface area contributed by atoms with E-state index in [0.717, 1.165) is 0 Å². The van der Waals surface area contributed by atoms with Crippen LogP contribution in [0.2, 0.25) is 0 Å². The number of hydrogen-bond donors (Lipinski definition) is 2. The van der Waals surface area contributed by atoms with Gasteiger partial charge >= 0.3 is 10.1 Å². The number of rotatable bonds is 2. The van der Waals surface area contributed by atoms with Gasteiger partial charge in [-0.2, -0.15) is 8.42 Å². The van der Waals surface area contributed by atoms with E-state index in [2.05, 4.69) is 0 Å². The average molecular weight is 222 g/mol. The first kappa shape index (κ1) is 11.4. The highest BCUT2D eigenvalue weighted by Gasteiger charge is 2.50. The van der Waals surface area contributed by atoms with Crippen molar-refractivity contribution in [3.05, 3.63) is 0 Å². The van der Waals surface area contributed by atoms with Crippen LogP contribution in [0.1, 0.15) is 13.8 Å². The van der Waals surface area contributed by atoms with E-state index in [4.69, 9.17) is 33.5 Å².